The highest BCUT2D eigenvalue weighted by molar-refractivity contribution is 5.76. The van der Waals surface area contributed by atoms with Crippen molar-refractivity contribution in [3.05, 3.63) is 48.5 Å². The van der Waals surface area contributed by atoms with Gasteiger partial charge in [-0.3, -0.25) is 14.8 Å². The van der Waals surface area contributed by atoms with E-state index in [0.717, 1.165) is 12.2 Å². The van der Waals surface area contributed by atoms with Gasteiger partial charge in [0.2, 0.25) is 5.91 Å². The maximum Gasteiger partial charge on any atom is 0.223 e. The lowest BCUT2D eigenvalue weighted by Crippen LogP contribution is -2.36. The summed E-state index contributed by atoms with van der Waals surface area (Å²) in [6, 6.07) is 0. The van der Waals surface area contributed by atoms with Gasteiger partial charge in [0.05, 0.1) is 13.0 Å². The van der Waals surface area contributed by atoms with Crippen LogP contribution in [0.15, 0.2) is 48.5 Å². The zero-order valence-corrected chi connectivity index (χ0v) is 8.34. The van der Waals surface area contributed by atoms with Crippen LogP contribution in [0.3, 0.4) is 0 Å². The first-order valence-corrected chi connectivity index (χ1v) is 4.82. The summed E-state index contributed by atoms with van der Waals surface area (Å²) in [4.78, 5) is 10.9. The van der Waals surface area contributed by atoms with E-state index in [1.807, 2.05) is 52.8 Å². The van der Waals surface area contributed by atoms with E-state index in [2.05, 4.69) is 0 Å². The minimum atomic E-state index is -0.317. The Morgan fingerprint density at radius 2 is 2.20 bits per heavy atom. The van der Waals surface area contributed by atoms with Gasteiger partial charge >= 0.3 is 0 Å². The lowest BCUT2D eigenvalue weighted by atomic mass is 10.2. The van der Waals surface area contributed by atoms with E-state index in [1.54, 1.807) is 0 Å². The number of amides is 1. The van der Waals surface area contributed by atoms with Crippen LogP contribution in [0.5, 0.6) is 0 Å². The molecule has 0 saturated carbocycles. The van der Waals surface area contributed by atoms with E-state index in [1.165, 1.54) is 0 Å². The second kappa shape index (κ2) is 4.04. The number of carbonyl (C=O) groups is 1. The lowest BCUT2D eigenvalue weighted by Gasteiger charge is -2.35. The number of hydrogen-bond acceptors (Lipinski definition) is 3. The number of hydrazine groups is 1. The average Bonchev–Trinajstić information content (AvgIpc) is 2.42. The molecule has 2 heterocycles. The monoisotopic (exact) mass is 203 g/mol. The van der Waals surface area contributed by atoms with E-state index in [4.69, 9.17) is 5.73 Å². The van der Waals surface area contributed by atoms with Crippen molar-refractivity contribution in [3.8, 4) is 0 Å². The normalized spacial score (nSPS) is 18.5. The van der Waals surface area contributed by atoms with Crippen LogP contribution in [0, 0.1) is 0 Å². The standard InChI is InChI=1S/C11H13N3O/c12-11(15)9-10-5-4-7-13-6-2-1-3-8-14(10)13/h1-5,7-8H,6,9H2,(H2,12,15). The first kappa shape index (κ1) is 9.58. The SMILES string of the molecule is NC(=O)CC1=CC=CN2CC=CC=CN12. The molecule has 0 aromatic carbocycles. The molecule has 0 atom stereocenters. The number of fused-ring (bicyclic) bond motifs is 1. The molecule has 0 aliphatic carbocycles. The van der Waals surface area contributed by atoms with Crippen LogP contribution >= 0.6 is 0 Å². The van der Waals surface area contributed by atoms with Crippen molar-refractivity contribution in [1.82, 2.24) is 10.0 Å². The fraction of sp³-hybridized carbons (Fsp3) is 0.182. The van der Waals surface area contributed by atoms with Crippen LogP contribution in [0.4, 0.5) is 0 Å². The summed E-state index contributed by atoms with van der Waals surface area (Å²) >= 11 is 0. The Bertz CT molecular complexity index is 379. The Kier molecular flexibility index (Phi) is 2.58. The minimum absolute atomic E-state index is 0.255. The molecule has 0 aromatic rings. The highest BCUT2D eigenvalue weighted by Gasteiger charge is 2.17. The second-order valence-electron chi connectivity index (χ2n) is 3.38. The summed E-state index contributed by atoms with van der Waals surface area (Å²) in [5, 5.41) is 3.95. The van der Waals surface area contributed by atoms with Crippen LogP contribution in [0.2, 0.25) is 0 Å². The largest absolute Gasteiger partial charge is 0.369 e. The molecule has 78 valence electrons. The third kappa shape index (κ3) is 2.10. The van der Waals surface area contributed by atoms with Gasteiger partial charge in [0.25, 0.3) is 0 Å². The molecule has 0 aromatic heterocycles. The smallest absolute Gasteiger partial charge is 0.223 e. The van der Waals surface area contributed by atoms with Crippen LogP contribution in [-0.2, 0) is 4.79 Å². The molecule has 2 aliphatic heterocycles. The highest BCUT2D eigenvalue weighted by Crippen LogP contribution is 2.19. The minimum Gasteiger partial charge on any atom is -0.369 e. The molecule has 4 nitrogen and oxygen atoms in total. The molecule has 0 saturated heterocycles. The number of nitrogens with zero attached hydrogens (tertiary/aromatic N) is 2. The van der Waals surface area contributed by atoms with Gasteiger partial charge in [0.1, 0.15) is 0 Å². The van der Waals surface area contributed by atoms with Crippen LogP contribution in [-0.4, -0.2) is 22.5 Å². The predicted molar refractivity (Wildman–Crippen MR) is 57.9 cm³/mol. The summed E-state index contributed by atoms with van der Waals surface area (Å²) in [6.45, 7) is 0.791. The summed E-state index contributed by atoms with van der Waals surface area (Å²) < 4.78 is 0. The number of rotatable bonds is 2. The molecule has 15 heavy (non-hydrogen) atoms. The molecule has 4 heteroatoms. The lowest BCUT2D eigenvalue weighted by molar-refractivity contribution is -0.117. The summed E-state index contributed by atoms with van der Waals surface area (Å²) in [7, 11) is 0. The predicted octanol–water partition coefficient (Wildman–Crippen LogP) is 0.875. The topological polar surface area (TPSA) is 49.6 Å². The first-order chi connectivity index (χ1) is 7.27. The molecular weight excluding hydrogens is 190 g/mol. The third-order valence-corrected chi connectivity index (χ3v) is 2.24. The third-order valence-electron chi connectivity index (χ3n) is 2.24. The second-order valence-corrected chi connectivity index (χ2v) is 3.38. The van der Waals surface area contributed by atoms with Crippen molar-refractivity contribution >= 4 is 5.91 Å². The summed E-state index contributed by atoms with van der Waals surface area (Å²) in [6.07, 6.45) is 13.9. The van der Waals surface area contributed by atoms with Crippen LogP contribution in [0.25, 0.3) is 0 Å². The Balaban J connectivity index is 2.21. The Labute approximate surface area is 88.6 Å². The van der Waals surface area contributed by atoms with Gasteiger partial charge in [-0.1, -0.05) is 12.2 Å². The maximum atomic E-state index is 10.9. The molecule has 2 aliphatic rings. The van der Waals surface area contributed by atoms with Gasteiger partial charge in [-0.15, -0.1) is 0 Å². The molecule has 0 unspecified atom stereocenters. The molecule has 2 N–H and O–H groups in total. The Morgan fingerprint density at radius 3 is 3.00 bits per heavy atom. The van der Waals surface area contributed by atoms with Gasteiger partial charge in [-0.2, -0.15) is 0 Å². The molecule has 2 rings (SSSR count). The molecular formula is C11H13N3O. The van der Waals surface area contributed by atoms with Gasteiger partial charge in [0.15, 0.2) is 0 Å². The number of hydrogen-bond donors (Lipinski definition) is 1. The van der Waals surface area contributed by atoms with E-state index in [0.29, 0.717) is 0 Å². The van der Waals surface area contributed by atoms with Crippen molar-refractivity contribution in [2.75, 3.05) is 6.54 Å². The van der Waals surface area contributed by atoms with Crippen molar-refractivity contribution in [2.45, 2.75) is 6.42 Å². The van der Waals surface area contributed by atoms with Crippen molar-refractivity contribution in [1.29, 1.82) is 0 Å². The van der Waals surface area contributed by atoms with Crippen molar-refractivity contribution in [3.63, 3.8) is 0 Å². The fourth-order valence-electron chi connectivity index (χ4n) is 1.59. The quantitative estimate of drug-likeness (QED) is 0.724. The molecule has 0 fully saturated rings. The summed E-state index contributed by atoms with van der Waals surface area (Å²) in [5.41, 5.74) is 6.09. The van der Waals surface area contributed by atoms with E-state index < -0.39 is 0 Å². The zero-order valence-electron chi connectivity index (χ0n) is 8.34. The van der Waals surface area contributed by atoms with Crippen molar-refractivity contribution < 1.29 is 4.79 Å². The average molecular weight is 203 g/mol. The molecule has 1 amide bonds. The van der Waals surface area contributed by atoms with E-state index in [-0.39, 0.29) is 12.3 Å². The van der Waals surface area contributed by atoms with E-state index >= 15 is 0 Å². The number of carbonyl (C=O) groups excluding carboxylic acids is 1. The highest BCUT2D eigenvalue weighted by atomic mass is 16.1. The maximum absolute atomic E-state index is 10.9. The van der Waals surface area contributed by atoms with Gasteiger partial charge in [-0.05, 0) is 18.2 Å². The van der Waals surface area contributed by atoms with Crippen LogP contribution in [0.1, 0.15) is 6.42 Å². The molecule has 0 radical (unpaired) electrons. The number of allylic oxidation sites excluding steroid dienone is 4. The first-order valence-electron chi connectivity index (χ1n) is 4.82. The molecule has 0 spiro atoms. The summed E-state index contributed by atoms with van der Waals surface area (Å²) in [5.74, 6) is -0.317. The Hall–Kier alpha value is -1.97. The van der Waals surface area contributed by atoms with Crippen molar-refractivity contribution in [2.24, 2.45) is 5.73 Å². The number of primary amides is 1. The zero-order chi connectivity index (χ0) is 10.7. The fourth-order valence-corrected chi connectivity index (χ4v) is 1.59. The van der Waals surface area contributed by atoms with Crippen LogP contribution < -0.4 is 5.73 Å². The van der Waals surface area contributed by atoms with Gasteiger partial charge < -0.3 is 5.73 Å². The Morgan fingerprint density at radius 1 is 1.33 bits per heavy atom. The van der Waals surface area contributed by atoms with Gasteiger partial charge in [-0.25, -0.2) is 0 Å². The van der Waals surface area contributed by atoms with E-state index in [9.17, 15) is 4.79 Å². The number of nitrogens with two attached hydrogens (primary N) is 1. The van der Waals surface area contributed by atoms with Gasteiger partial charge in [0, 0.05) is 18.1 Å². The molecule has 0 bridgehead atoms.